The number of hydrogen-bond acceptors (Lipinski definition) is 0. The largest absolute Gasteiger partial charge is 0.0794 e. The van der Waals surface area contributed by atoms with Crippen LogP contribution in [0, 0.1) is 0 Å². The van der Waals surface area contributed by atoms with Crippen LogP contribution in [-0.2, 0) is 0 Å². The number of rotatable bonds is 17. The summed E-state index contributed by atoms with van der Waals surface area (Å²) in [6.45, 7) is 7.07. The average Bonchev–Trinajstić information content (AvgIpc) is 2.83. The second kappa shape index (κ2) is 17.1. The third-order valence-electron chi connectivity index (χ3n) is 6.52. The molecule has 176 valence electrons. The van der Waals surface area contributed by atoms with Gasteiger partial charge in [0.25, 0.3) is 0 Å². The zero-order valence-corrected chi connectivity index (χ0v) is 22.0. The van der Waals surface area contributed by atoms with Gasteiger partial charge in [-0.2, -0.15) is 0 Å². The quantitative estimate of drug-likeness (QED) is 0.166. The highest BCUT2D eigenvalue weighted by Gasteiger charge is 2.17. The molecule has 1 heteroatoms. The lowest BCUT2D eigenvalue weighted by atomic mass is 9.98. The number of benzene rings is 2. The molecule has 0 aliphatic heterocycles. The van der Waals surface area contributed by atoms with Gasteiger partial charge in [0, 0.05) is 0 Å². The Labute approximate surface area is 200 Å². The van der Waals surface area contributed by atoms with Crippen molar-refractivity contribution in [1.82, 2.24) is 0 Å². The topological polar surface area (TPSA) is 0 Å². The Morgan fingerprint density at radius 3 is 1.31 bits per heavy atom. The van der Waals surface area contributed by atoms with E-state index >= 15 is 0 Å². The van der Waals surface area contributed by atoms with E-state index in [-0.39, 0.29) is 7.92 Å². The second-order valence-corrected chi connectivity index (χ2v) is 11.9. The Morgan fingerprint density at radius 1 is 0.531 bits per heavy atom. The Kier molecular flexibility index (Phi) is 14.4. The Morgan fingerprint density at radius 2 is 0.906 bits per heavy atom. The first kappa shape index (κ1) is 26.9. The van der Waals surface area contributed by atoms with Crippen molar-refractivity contribution >= 4 is 13.5 Å². The minimum absolute atomic E-state index is 0.0778. The normalized spacial score (nSPS) is 11.1. The third kappa shape index (κ3) is 10.0. The molecule has 0 amide bonds. The fourth-order valence-corrected chi connectivity index (χ4v) is 7.24. The maximum absolute atomic E-state index is 2.45. The van der Waals surface area contributed by atoms with Crippen molar-refractivity contribution in [2.75, 3.05) is 12.3 Å². The summed E-state index contributed by atoms with van der Waals surface area (Å²) in [6, 6.07) is 22.2. The highest BCUT2D eigenvalue weighted by molar-refractivity contribution is 7.62. The summed E-state index contributed by atoms with van der Waals surface area (Å²) in [5.41, 5.74) is 4.26. The molecule has 2 rings (SSSR count). The first-order valence-electron chi connectivity index (χ1n) is 13.3. The van der Waals surface area contributed by atoms with E-state index in [2.05, 4.69) is 81.4 Å². The van der Waals surface area contributed by atoms with Gasteiger partial charge in [0.15, 0.2) is 0 Å². The molecule has 2 aromatic carbocycles. The van der Waals surface area contributed by atoms with Crippen LogP contribution >= 0.6 is 7.92 Å². The average molecular weight is 451 g/mol. The third-order valence-corrected chi connectivity index (χ3v) is 9.41. The molecule has 0 aromatic heterocycles. The van der Waals surface area contributed by atoms with Gasteiger partial charge in [0.2, 0.25) is 0 Å². The fourth-order valence-electron chi connectivity index (χ4n) is 4.57. The summed E-state index contributed by atoms with van der Waals surface area (Å²) in [4.78, 5) is 0. The molecule has 0 atom stereocenters. The van der Waals surface area contributed by atoms with Crippen molar-refractivity contribution in [2.45, 2.75) is 97.8 Å². The van der Waals surface area contributed by atoms with Crippen LogP contribution in [0.2, 0.25) is 0 Å². The summed E-state index contributed by atoms with van der Waals surface area (Å²) in [7, 11) is -0.0778. The fraction of sp³-hybridized carbons (Fsp3) is 0.548. The minimum Gasteiger partial charge on any atom is -0.0794 e. The van der Waals surface area contributed by atoms with Gasteiger partial charge in [-0.15, -0.1) is 0 Å². The smallest absolute Gasteiger partial charge is 0.00775 e. The van der Waals surface area contributed by atoms with Crippen molar-refractivity contribution in [3.63, 3.8) is 0 Å². The molecule has 0 radical (unpaired) electrons. The van der Waals surface area contributed by atoms with Gasteiger partial charge >= 0.3 is 0 Å². The molecule has 0 saturated heterocycles. The first-order chi connectivity index (χ1) is 15.8. The Balaban J connectivity index is 2.16. The van der Waals surface area contributed by atoms with Crippen LogP contribution in [0.5, 0.6) is 0 Å². The maximum Gasteiger partial charge on any atom is -0.00775 e. The lowest BCUT2D eigenvalue weighted by Crippen LogP contribution is -1.98. The van der Waals surface area contributed by atoms with Gasteiger partial charge < -0.3 is 0 Å². The van der Waals surface area contributed by atoms with Gasteiger partial charge in [-0.05, 0) is 54.1 Å². The van der Waals surface area contributed by atoms with Crippen LogP contribution in [0.25, 0.3) is 5.57 Å². The van der Waals surface area contributed by atoms with E-state index in [0.29, 0.717) is 0 Å². The minimum atomic E-state index is -0.0778. The van der Waals surface area contributed by atoms with E-state index < -0.39 is 0 Å². The molecule has 32 heavy (non-hydrogen) atoms. The zero-order valence-electron chi connectivity index (χ0n) is 21.1. The van der Waals surface area contributed by atoms with Crippen LogP contribution < -0.4 is 0 Å². The van der Waals surface area contributed by atoms with Crippen molar-refractivity contribution in [3.05, 3.63) is 77.1 Å². The van der Waals surface area contributed by atoms with Gasteiger partial charge in [0.1, 0.15) is 0 Å². The van der Waals surface area contributed by atoms with Crippen LogP contribution in [0.4, 0.5) is 0 Å². The van der Waals surface area contributed by atoms with E-state index in [1.807, 2.05) is 0 Å². The van der Waals surface area contributed by atoms with Crippen molar-refractivity contribution in [3.8, 4) is 0 Å². The van der Waals surface area contributed by atoms with E-state index in [9.17, 15) is 0 Å². The van der Waals surface area contributed by atoms with Gasteiger partial charge in [-0.25, -0.2) is 0 Å². The molecule has 0 nitrogen and oxygen atoms in total. The van der Waals surface area contributed by atoms with Crippen LogP contribution in [-0.4, -0.2) is 12.3 Å². The lowest BCUT2D eigenvalue weighted by Gasteiger charge is -2.23. The van der Waals surface area contributed by atoms with Gasteiger partial charge in [-0.3, -0.25) is 0 Å². The highest BCUT2D eigenvalue weighted by atomic mass is 31.1. The predicted molar refractivity (Wildman–Crippen MR) is 148 cm³/mol. The summed E-state index contributed by atoms with van der Waals surface area (Å²) < 4.78 is 0. The zero-order chi connectivity index (χ0) is 22.9. The van der Waals surface area contributed by atoms with Crippen molar-refractivity contribution in [2.24, 2.45) is 0 Å². The molecule has 0 spiro atoms. The molecule has 2 aromatic rings. The van der Waals surface area contributed by atoms with E-state index in [1.165, 1.54) is 106 Å². The summed E-state index contributed by atoms with van der Waals surface area (Å²) in [6.07, 6.45) is 19.6. The summed E-state index contributed by atoms with van der Waals surface area (Å²) in [5, 5.41) is 1.67. The lowest BCUT2D eigenvalue weighted by molar-refractivity contribution is 0.622. The van der Waals surface area contributed by atoms with E-state index in [1.54, 1.807) is 5.31 Å². The molecular formula is C31H47P. The van der Waals surface area contributed by atoms with Crippen LogP contribution in [0.1, 0.15) is 109 Å². The molecular weight excluding hydrogens is 403 g/mol. The Bertz CT molecular complexity index is 674. The van der Waals surface area contributed by atoms with Gasteiger partial charge in [-0.1, -0.05) is 147 Å². The number of hydrogen-bond donors (Lipinski definition) is 0. The Hall–Kier alpha value is -1.39. The first-order valence-corrected chi connectivity index (χ1v) is 15.1. The SMILES string of the molecule is CCCCCCCCP(CCCCCCCC)C(C)=C(c1ccccc1)c1ccccc1. The molecule has 0 bridgehead atoms. The van der Waals surface area contributed by atoms with Crippen molar-refractivity contribution < 1.29 is 0 Å². The molecule has 0 heterocycles. The van der Waals surface area contributed by atoms with Gasteiger partial charge in [0.05, 0.1) is 0 Å². The molecule has 0 fully saturated rings. The van der Waals surface area contributed by atoms with E-state index in [0.717, 1.165) is 0 Å². The molecule has 0 unspecified atom stereocenters. The van der Waals surface area contributed by atoms with Crippen LogP contribution in [0.3, 0.4) is 0 Å². The molecule has 0 aliphatic rings. The molecule has 0 aliphatic carbocycles. The van der Waals surface area contributed by atoms with Crippen LogP contribution in [0.15, 0.2) is 66.0 Å². The highest BCUT2D eigenvalue weighted by Crippen LogP contribution is 2.50. The number of allylic oxidation sites excluding steroid dienone is 1. The maximum atomic E-state index is 2.45. The van der Waals surface area contributed by atoms with Crippen molar-refractivity contribution in [1.29, 1.82) is 0 Å². The summed E-state index contributed by atoms with van der Waals surface area (Å²) >= 11 is 0. The van der Waals surface area contributed by atoms with E-state index in [4.69, 9.17) is 0 Å². The predicted octanol–water partition coefficient (Wildman–Crippen LogP) is 10.7. The molecule has 0 saturated carbocycles. The summed E-state index contributed by atoms with van der Waals surface area (Å²) in [5.74, 6) is 0. The monoisotopic (exact) mass is 450 g/mol. The molecule has 0 N–H and O–H groups in total. The second-order valence-electron chi connectivity index (χ2n) is 9.22. The standard InChI is InChI=1S/C31H47P/c1-4-6-8-10-12-20-26-32(27-21-13-11-9-7-5-2)28(3)31(29-22-16-14-17-23-29)30-24-18-15-19-25-30/h14-19,22-25H,4-13,20-21,26-27H2,1-3H3. The number of unbranched alkanes of at least 4 members (excludes halogenated alkanes) is 10.